The number of pyridine rings is 1. The van der Waals surface area contributed by atoms with Gasteiger partial charge in [0.05, 0.1) is 11.5 Å². The van der Waals surface area contributed by atoms with Crippen LogP contribution >= 0.6 is 15.9 Å². The lowest BCUT2D eigenvalue weighted by Gasteiger charge is -2.37. The average molecular weight is 345 g/mol. The zero-order chi connectivity index (χ0) is 13.5. The molecule has 1 aliphatic carbocycles. The van der Waals surface area contributed by atoms with Crippen LogP contribution in [0.2, 0.25) is 0 Å². The molecule has 0 amide bonds. The lowest BCUT2D eigenvalue weighted by Crippen LogP contribution is -2.46. The van der Waals surface area contributed by atoms with Crippen LogP contribution in [0.1, 0.15) is 30.9 Å². The Kier molecular flexibility index (Phi) is 3.66. The molecule has 0 aromatic carbocycles. The number of nitrogens with zero attached hydrogens (tertiary/aromatic N) is 1. The maximum absolute atomic E-state index is 11.4. The van der Waals surface area contributed by atoms with Crippen molar-refractivity contribution in [1.82, 2.24) is 10.3 Å². The molecule has 104 valence electrons. The van der Waals surface area contributed by atoms with Gasteiger partial charge in [-0.05, 0) is 47.3 Å². The van der Waals surface area contributed by atoms with Crippen LogP contribution < -0.4 is 5.32 Å². The van der Waals surface area contributed by atoms with Gasteiger partial charge in [0, 0.05) is 34.4 Å². The third kappa shape index (κ3) is 3.17. The molecule has 2 fully saturated rings. The Morgan fingerprint density at radius 1 is 1.26 bits per heavy atom. The Bertz CT molecular complexity index is 553. The van der Waals surface area contributed by atoms with Gasteiger partial charge < -0.3 is 5.32 Å². The van der Waals surface area contributed by atoms with Crippen LogP contribution in [0.15, 0.2) is 22.8 Å². The van der Waals surface area contributed by atoms with E-state index in [1.54, 1.807) is 0 Å². The molecule has 1 N–H and O–H groups in total. The summed E-state index contributed by atoms with van der Waals surface area (Å²) < 4.78 is 23.8. The van der Waals surface area contributed by atoms with Gasteiger partial charge in [0.25, 0.3) is 0 Å². The number of sulfone groups is 1. The topological polar surface area (TPSA) is 59.1 Å². The molecule has 1 aromatic rings. The molecule has 1 atom stereocenters. The van der Waals surface area contributed by atoms with Gasteiger partial charge in [-0.25, -0.2) is 8.42 Å². The van der Waals surface area contributed by atoms with Gasteiger partial charge in [-0.15, -0.1) is 0 Å². The van der Waals surface area contributed by atoms with Crippen LogP contribution in [0.25, 0.3) is 0 Å². The van der Waals surface area contributed by atoms with Crippen molar-refractivity contribution in [3.05, 3.63) is 28.5 Å². The lowest BCUT2D eigenvalue weighted by molar-refractivity contribution is 0.267. The summed E-state index contributed by atoms with van der Waals surface area (Å²) in [7, 11) is -2.78. The minimum absolute atomic E-state index is 0.161. The second-order valence-corrected chi connectivity index (χ2v) is 8.68. The summed E-state index contributed by atoms with van der Waals surface area (Å²) in [5, 5.41) is 3.47. The minimum Gasteiger partial charge on any atom is -0.310 e. The Morgan fingerprint density at radius 3 is 2.63 bits per heavy atom. The molecule has 1 saturated carbocycles. The van der Waals surface area contributed by atoms with E-state index in [0.29, 0.717) is 23.5 Å². The van der Waals surface area contributed by atoms with Crippen LogP contribution in [0.3, 0.4) is 0 Å². The van der Waals surface area contributed by atoms with E-state index in [1.807, 2.05) is 12.3 Å². The molecule has 2 aliphatic rings. The quantitative estimate of drug-likeness (QED) is 0.909. The number of nitrogens with one attached hydrogen (secondary N) is 1. The largest absolute Gasteiger partial charge is 0.310 e. The predicted molar refractivity (Wildman–Crippen MR) is 77.9 cm³/mol. The van der Waals surface area contributed by atoms with E-state index in [9.17, 15) is 8.42 Å². The van der Waals surface area contributed by atoms with Gasteiger partial charge in [0.1, 0.15) is 0 Å². The Hall–Kier alpha value is -0.460. The molecule has 4 nitrogen and oxygen atoms in total. The summed E-state index contributed by atoms with van der Waals surface area (Å²) in [6.45, 7) is 0. The lowest BCUT2D eigenvalue weighted by atomic mass is 9.77. The highest BCUT2D eigenvalue weighted by Crippen LogP contribution is 2.36. The SMILES string of the molecule is O=S1(=O)CCC(NC2CC(c3ccc(Br)cn3)C2)C1. The Balaban J connectivity index is 1.49. The molecule has 1 saturated heterocycles. The van der Waals surface area contributed by atoms with Crippen LogP contribution in [0, 0.1) is 0 Å². The molecule has 1 unspecified atom stereocenters. The van der Waals surface area contributed by atoms with Gasteiger partial charge in [0.2, 0.25) is 0 Å². The van der Waals surface area contributed by atoms with Crippen LogP contribution in [-0.2, 0) is 9.84 Å². The Labute approximate surface area is 122 Å². The fourth-order valence-electron chi connectivity index (χ4n) is 2.88. The molecule has 19 heavy (non-hydrogen) atoms. The summed E-state index contributed by atoms with van der Waals surface area (Å²) in [5.74, 6) is 1.17. The molecule has 6 heteroatoms. The number of hydrogen-bond donors (Lipinski definition) is 1. The van der Waals surface area contributed by atoms with Crippen molar-refractivity contribution in [2.45, 2.75) is 37.3 Å². The van der Waals surface area contributed by atoms with Crippen molar-refractivity contribution in [2.75, 3.05) is 11.5 Å². The first-order chi connectivity index (χ1) is 9.02. The van der Waals surface area contributed by atoms with Crippen molar-refractivity contribution in [1.29, 1.82) is 0 Å². The zero-order valence-corrected chi connectivity index (χ0v) is 13.0. The number of halogens is 1. The van der Waals surface area contributed by atoms with E-state index < -0.39 is 9.84 Å². The smallest absolute Gasteiger partial charge is 0.151 e. The monoisotopic (exact) mass is 344 g/mol. The fraction of sp³-hybridized carbons (Fsp3) is 0.615. The molecule has 0 bridgehead atoms. The maximum atomic E-state index is 11.4. The fourth-order valence-corrected chi connectivity index (χ4v) is 4.80. The van der Waals surface area contributed by atoms with E-state index in [1.165, 1.54) is 0 Å². The third-order valence-electron chi connectivity index (χ3n) is 4.01. The molecule has 0 spiro atoms. The summed E-state index contributed by atoms with van der Waals surface area (Å²) in [4.78, 5) is 4.42. The summed E-state index contributed by atoms with van der Waals surface area (Å²) in [6.07, 6.45) is 4.72. The van der Waals surface area contributed by atoms with Gasteiger partial charge in [0.15, 0.2) is 9.84 Å². The van der Waals surface area contributed by atoms with Crippen LogP contribution in [0.4, 0.5) is 0 Å². The number of aromatic nitrogens is 1. The van der Waals surface area contributed by atoms with Crippen LogP contribution in [0.5, 0.6) is 0 Å². The van der Waals surface area contributed by atoms with E-state index >= 15 is 0 Å². The van der Waals surface area contributed by atoms with Gasteiger partial charge in [-0.1, -0.05) is 0 Å². The Morgan fingerprint density at radius 2 is 2.05 bits per heavy atom. The molecule has 1 aliphatic heterocycles. The van der Waals surface area contributed by atoms with E-state index in [4.69, 9.17) is 0 Å². The highest BCUT2D eigenvalue weighted by molar-refractivity contribution is 9.10. The average Bonchev–Trinajstić information content (AvgIpc) is 2.64. The highest BCUT2D eigenvalue weighted by Gasteiger charge is 2.35. The number of rotatable bonds is 3. The molecule has 2 heterocycles. The van der Waals surface area contributed by atoms with Gasteiger partial charge in [-0.2, -0.15) is 0 Å². The summed E-state index contributed by atoms with van der Waals surface area (Å²) in [5.41, 5.74) is 1.14. The summed E-state index contributed by atoms with van der Waals surface area (Å²) >= 11 is 3.38. The normalized spacial score (nSPS) is 33.0. The first kappa shape index (κ1) is 13.5. The molecule has 3 rings (SSSR count). The first-order valence-electron chi connectivity index (χ1n) is 6.60. The van der Waals surface area contributed by atoms with Crippen molar-refractivity contribution in [3.63, 3.8) is 0 Å². The van der Waals surface area contributed by atoms with Crippen molar-refractivity contribution in [3.8, 4) is 0 Å². The van der Waals surface area contributed by atoms with E-state index in [0.717, 1.165) is 29.4 Å². The first-order valence-corrected chi connectivity index (χ1v) is 9.21. The van der Waals surface area contributed by atoms with E-state index in [2.05, 4.69) is 32.3 Å². The van der Waals surface area contributed by atoms with Gasteiger partial charge >= 0.3 is 0 Å². The van der Waals surface area contributed by atoms with Crippen LogP contribution in [-0.4, -0.2) is 37.0 Å². The third-order valence-corrected chi connectivity index (χ3v) is 6.25. The standard InChI is InChI=1S/C13H17BrN2O2S/c14-10-1-2-13(15-7-10)9-5-12(6-9)16-11-3-4-19(17,18)8-11/h1-2,7,9,11-12,16H,3-6,8H2. The van der Waals surface area contributed by atoms with Gasteiger partial charge in [-0.3, -0.25) is 4.98 Å². The highest BCUT2D eigenvalue weighted by atomic mass is 79.9. The molecular weight excluding hydrogens is 328 g/mol. The predicted octanol–water partition coefficient (Wildman–Crippen LogP) is 1.87. The molecule has 0 radical (unpaired) electrons. The maximum Gasteiger partial charge on any atom is 0.151 e. The van der Waals surface area contributed by atoms with Crippen molar-refractivity contribution < 1.29 is 8.42 Å². The second-order valence-electron chi connectivity index (χ2n) is 5.53. The molecular formula is C13H17BrN2O2S. The second kappa shape index (κ2) is 5.14. The number of hydrogen-bond acceptors (Lipinski definition) is 4. The molecule has 1 aromatic heterocycles. The van der Waals surface area contributed by atoms with Crippen molar-refractivity contribution >= 4 is 25.8 Å². The zero-order valence-electron chi connectivity index (χ0n) is 10.5. The van der Waals surface area contributed by atoms with Crippen molar-refractivity contribution in [2.24, 2.45) is 0 Å². The minimum atomic E-state index is -2.78. The summed E-state index contributed by atoms with van der Waals surface area (Å²) in [6, 6.07) is 4.69. The van der Waals surface area contributed by atoms with E-state index in [-0.39, 0.29) is 6.04 Å².